The van der Waals surface area contributed by atoms with Crippen LogP contribution >= 0.6 is 0 Å². The Morgan fingerprint density at radius 3 is 2.41 bits per heavy atom. The number of carbonyl (C=O) groups excluding carboxylic acids is 3. The molecule has 27 heavy (non-hydrogen) atoms. The molecular formula is C15H16F2N6O4. The van der Waals surface area contributed by atoms with Gasteiger partial charge in [0, 0.05) is 6.07 Å². The average molecular weight is 382 g/mol. The predicted molar refractivity (Wildman–Crippen MR) is 84.7 cm³/mol. The molecular weight excluding hydrogens is 366 g/mol. The summed E-state index contributed by atoms with van der Waals surface area (Å²) in [7, 11) is 1.12. The molecule has 3 N–H and O–H groups in total. The van der Waals surface area contributed by atoms with E-state index in [1.54, 1.807) is 0 Å². The van der Waals surface area contributed by atoms with Gasteiger partial charge in [0.05, 0.1) is 13.5 Å². The molecule has 1 unspecified atom stereocenters. The molecule has 10 nitrogen and oxygen atoms in total. The van der Waals surface area contributed by atoms with E-state index in [-0.39, 0.29) is 17.8 Å². The zero-order valence-corrected chi connectivity index (χ0v) is 14.3. The van der Waals surface area contributed by atoms with Crippen LogP contribution in [0, 0.1) is 11.6 Å². The zero-order valence-electron chi connectivity index (χ0n) is 14.3. The number of H-pyrrole nitrogens is 1. The molecule has 2 amide bonds. The van der Waals surface area contributed by atoms with Crippen molar-refractivity contribution < 1.29 is 27.9 Å². The molecule has 0 saturated carbocycles. The number of rotatable bonds is 7. The number of methoxy groups -OCH3 is 1. The van der Waals surface area contributed by atoms with Crippen molar-refractivity contribution >= 4 is 17.8 Å². The highest BCUT2D eigenvalue weighted by atomic mass is 19.1. The summed E-state index contributed by atoms with van der Waals surface area (Å²) in [6.45, 7) is 1.37. The minimum Gasteiger partial charge on any atom is -0.467 e. The number of esters is 1. The van der Waals surface area contributed by atoms with E-state index >= 15 is 0 Å². The molecule has 2 aromatic rings. The molecule has 0 aliphatic heterocycles. The third-order valence-corrected chi connectivity index (χ3v) is 3.40. The van der Waals surface area contributed by atoms with Gasteiger partial charge in [0.15, 0.2) is 6.04 Å². The molecule has 0 radical (unpaired) electrons. The van der Waals surface area contributed by atoms with Gasteiger partial charge >= 0.3 is 5.97 Å². The second kappa shape index (κ2) is 8.78. The highest BCUT2D eigenvalue weighted by Gasteiger charge is 2.29. The maximum Gasteiger partial charge on any atom is 0.336 e. The van der Waals surface area contributed by atoms with Gasteiger partial charge in [0.25, 0.3) is 0 Å². The van der Waals surface area contributed by atoms with Gasteiger partial charge in [-0.05, 0) is 24.6 Å². The van der Waals surface area contributed by atoms with Gasteiger partial charge in [-0.3, -0.25) is 9.59 Å². The van der Waals surface area contributed by atoms with Crippen LogP contribution in [0.15, 0.2) is 18.2 Å². The molecule has 0 fully saturated rings. The van der Waals surface area contributed by atoms with Crippen molar-refractivity contribution in [1.82, 2.24) is 31.3 Å². The van der Waals surface area contributed by atoms with Crippen molar-refractivity contribution in [3.8, 4) is 0 Å². The summed E-state index contributed by atoms with van der Waals surface area (Å²) in [4.78, 5) is 36.0. The maximum atomic E-state index is 13.2. The normalized spacial score (nSPS) is 12.7. The minimum atomic E-state index is -1.32. The Labute approximate surface area is 151 Å². The van der Waals surface area contributed by atoms with Gasteiger partial charge in [0.2, 0.25) is 17.6 Å². The number of benzene rings is 1. The number of nitrogens with one attached hydrogen (secondary N) is 3. The molecule has 0 aliphatic carbocycles. The van der Waals surface area contributed by atoms with E-state index in [0.717, 1.165) is 19.2 Å². The lowest BCUT2D eigenvalue weighted by atomic mass is 10.1. The van der Waals surface area contributed by atoms with Gasteiger partial charge in [0.1, 0.15) is 17.7 Å². The Kier molecular flexibility index (Phi) is 6.46. The highest BCUT2D eigenvalue weighted by Crippen LogP contribution is 2.10. The molecule has 1 heterocycles. The Morgan fingerprint density at radius 1 is 1.19 bits per heavy atom. The van der Waals surface area contributed by atoms with Crippen LogP contribution in [0.25, 0.3) is 0 Å². The number of halogens is 2. The molecule has 0 bridgehead atoms. The van der Waals surface area contributed by atoms with Crippen LogP contribution in [0.2, 0.25) is 0 Å². The van der Waals surface area contributed by atoms with E-state index in [9.17, 15) is 23.2 Å². The lowest BCUT2D eigenvalue weighted by Crippen LogP contribution is -2.48. The standard InChI is InChI=1S/C15H16F2N6O4/c1-7(18-11(24)5-8-3-9(16)6-10(17)4-8)14(25)19-12(15(26)27-2)13-20-22-23-21-13/h3-4,6-7,12H,5H2,1-2H3,(H,18,24)(H,19,25)(H,20,21,22,23)/t7-,12?/m0/s1. The van der Waals surface area contributed by atoms with E-state index in [1.807, 2.05) is 0 Å². The number of hydrogen-bond acceptors (Lipinski definition) is 7. The van der Waals surface area contributed by atoms with Crippen molar-refractivity contribution in [2.24, 2.45) is 0 Å². The van der Waals surface area contributed by atoms with E-state index in [4.69, 9.17) is 0 Å². The molecule has 2 atom stereocenters. The molecule has 0 spiro atoms. The van der Waals surface area contributed by atoms with Crippen LogP contribution in [0.3, 0.4) is 0 Å². The summed E-state index contributed by atoms with van der Waals surface area (Å²) in [6.07, 6.45) is -0.336. The molecule has 12 heteroatoms. The number of carbonyl (C=O) groups is 3. The van der Waals surface area contributed by atoms with Gasteiger partial charge in [-0.1, -0.05) is 5.21 Å². The topological polar surface area (TPSA) is 139 Å². The first-order valence-electron chi connectivity index (χ1n) is 7.66. The van der Waals surface area contributed by atoms with Crippen molar-refractivity contribution in [2.75, 3.05) is 7.11 Å². The van der Waals surface area contributed by atoms with E-state index in [2.05, 4.69) is 36.0 Å². The number of aromatic nitrogens is 4. The second-order valence-corrected chi connectivity index (χ2v) is 5.48. The average Bonchev–Trinajstić information content (AvgIpc) is 3.11. The number of tetrazole rings is 1. The Balaban J connectivity index is 1.97. The fourth-order valence-electron chi connectivity index (χ4n) is 2.16. The molecule has 1 aromatic heterocycles. The van der Waals surface area contributed by atoms with Crippen LogP contribution < -0.4 is 10.6 Å². The SMILES string of the molecule is COC(=O)C(NC(=O)[C@H](C)NC(=O)Cc1cc(F)cc(F)c1)c1nn[nH]n1. The number of aromatic amines is 1. The summed E-state index contributed by atoms with van der Waals surface area (Å²) in [6, 6.07) is 0.323. The van der Waals surface area contributed by atoms with Crippen molar-refractivity contribution in [3.05, 3.63) is 41.2 Å². The summed E-state index contributed by atoms with van der Waals surface area (Å²) < 4.78 is 30.9. The lowest BCUT2D eigenvalue weighted by Gasteiger charge is -2.18. The highest BCUT2D eigenvalue weighted by molar-refractivity contribution is 5.91. The van der Waals surface area contributed by atoms with E-state index < -0.39 is 41.5 Å². The third-order valence-electron chi connectivity index (χ3n) is 3.40. The van der Waals surface area contributed by atoms with E-state index in [0.29, 0.717) is 6.07 Å². The van der Waals surface area contributed by atoms with Gasteiger partial charge < -0.3 is 15.4 Å². The van der Waals surface area contributed by atoms with Crippen molar-refractivity contribution in [2.45, 2.75) is 25.4 Å². The number of nitrogens with zero attached hydrogens (tertiary/aromatic N) is 3. The van der Waals surface area contributed by atoms with Crippen LogP contribution in [0.5, 0.6) is 0 Å². The number of ether oxygens (including phenoxy) is 1. The third kappa shape index (κ3) is 5.52. The van der Waals surface area contributed by atoms with Gasteiger partial charge in [-0.15, -0.1) is 10.2 Å². The van der Waals surface area contributed by atoms with Gasteiger partial charge in [-0.2, -0.15) is 5.21 Å². The molecule has 2 rings (SSSR count). The smallest absolute Gasteiger partial charge is 0.336 e. The van der Waals surface area contributed by atoms with Gasteiger partial charge in [-0.25, -0.2) is 13.6 Å². The molecule has 144 valence electrons. The predicted octanol–water partition coefficient (Wildman–Crippen LogP) is -0.444. The second-order valence-electron chi connectivity index (χ2n) is 5.48. The van der Waals surface area contributed by atoms with Crippen LogP contribution in [0.1, 0.15) is 24.4 Å². The first-order chi connectivity index (χ1) is 12.8. The quantitative estimate of drug-likeness (QED) is 0.552. The van der Waals surface area contributed by atoms with Crippen LogP contribution in [0.4, 0.5) is 8.78 Å². The zero-order chi connectivity index (χ0) is 20.0. The largest absolute Gasteiger partial charge is 0.467 e. The maximum absolute atomic E-state index is 13.2. The number of amides is 2. The van der Waals surface area contributed by atoms with Crippen LogP contribution in [-0.2, 0) is 25.5 Å². The molecule has 0 aliphatic rings. The Morgan fingerprint density at radius 2 is 1.85 bits per heavy atom. The van der Waals surface area contributed by atoms with E-state index in [1.165, 1.54) is 6.92 Å². The Bertz CT molecular complexity index is 809. The summed E-state index contributed by atoms with van der Waals surface area (Å²) in [5.41, 5.74) is 0.108. The Hall–Kier alpha value is -3.44. The summed E-state index contributed by atoms with van der Waals surface area (Å²) in [5, 5.41) is 17.3. The monoisotopic (exact) mass is 382 g/mol. The first kappa shape index (κ1) is 19.9. The first-order valence-corrected chi connectivity index (χ1v) is 7.66. The lowest BCUT2D eigenvalue weighted by molar-refractivity contribution is -0.145. The van der Waals surface area contributed by atoms with Crippen molar-refractivity contribution in [1.29, 1.82) is 0 Å². The fraction of sp³-hybridized carbons (Fsp3) is 0.333. The molecule has 0 saturated heterocycles. The summed E-state index contributed by atoms with van der Waals surface area (Å²) >= 11 is 0. The molecule has 1 aromatic carbocycles. The summed E-state index contributed by atoms with van der Waals surface area (Å²) in [5.74, 6) is -3.96. The fourth-order valence-corrected chi connectivity index (χ4v) is 2.16. The van der Waals surface area contributed by atoms with Crippen LogP contribution in [-0.4, -0.2) is 51.6 Å². The number of hydrogen-bond donors (Lipinski definition) is 3. The van der Waals surface area contributed by atoms with Crippen molar-refractivity contribution in [3.63, 3.8) is 0 Å². The minimum absolute atomic E-state index is 0.108.